The molecular weight excluding hydrogens is 600 g/mol. The van der Waals surface area contributed by atoms with E-state index in [0.29, 0.717) is 25.4 Å². The first-order chi connectivity index (χ1) is 23.2. The molecule has 6 rings (SSSR count). The SMILES string of the molecule is CCCCc1nc2ccc(N3CCCN(Cc4ccccc4)C3=O)cc2n1Cc1ccc(-c2ccccc2OC(=O)OC(C)(C)C)cc1. The summed E-state index contributed by atoms with van der Waals surface area (Å²) in [6, 6.07) is 32.2. The molecule has 2 amide bonds. The summed E-state index contributed by atoms with van der Waals surface area (Å²) >= 11 is 0. The van der Waals surface area contributed by atoms with Gasteiger partial charge in [0.15, 0.2) is 0 Å². The molecule has 0 radical (unpaired) electrons. The highest BCUT2D eigenvalue weighted by Crippen LogP contribution is 2.32. The molecule has 0 spiro atoms. The first kappa shape index (κ1) is 32.8. The number of nitrogens with zero attached hydrogens (tertiary/aromatic N) is 4. The van der Waals surface area contributed by atoms with E-state index in [0.717, 1.165) is 77.0 Å². The van der Waals surface area contributed by atoms with E-state index in [1.165, 1.54) is 0 Å². The van der Waals surface area contributed by atoms with E-state index >= 15 is 0 Å². The summed E-state index contributed by atoms with van der Waals surface area (Å²) in [6.45, 7) is 10.3. The van der Waals surface area contributed by atoms with Crippen molar-refractivity contribution in [3.8, 4) is 16.9 Å². The Morgan fingerprint density at radius 2 is 1.58 bits per heavy atom. The smallest absolute Gasteiger partial charge is 0.428 e. The molecule has 8 nitrogen and oxygen atoms in total. The number of amides is 2. The van der Waals surface area contributed by atoms with Crippen LogP contribution in [0.25, 0.3) is 22.2 Å². The van der Waals surface area contributed by atoms with Crippen molar-refractivity contribution in [3.63, 3.8) is 0 Å². The molecular formula is C40H44N4O4. The lowest BCUT2D eigenvalue weighted by atomic mass is 10.0. The number of urea groups is 1. The van der Waals surface area contributed by atoms with Crippen molar-refractivity contribution < 1.29 is 19.1 Å². The average Bonchev–Trinajstić information content (AvgIpc) is 3.41. The van der Waals surface area contributed by atoms with Gasteiger partial charge in [-0.25, -0.2) is 14.6 Å². The fraction of sp³-hybridized carbons (Fsp3) is 0.325. The zero-order valence-corrected chi connectivity index (χ0v) is 28.3. The van der Waals surface area contributed by atoms with E-state index in [9.17, 15) is 9.59 Å². The van der Waals surface area contributed by atoms with E-state index in [4.69, 9.17) is 14.5 Å². The van der Waals surface area contributed by atoms with Gasteiger partial charge in [0.2, 0.25) is 0 Å². The summed E-state index contributed by atoms with van der Waals surface area (Å²) < 4.78 is 13.3. The summed E-state index contributed by atoms with van der Waals surface area (Å²) in [7, 11) is 0. The Labute approximate surface area is 282 Å². The maximum absolute atomic E-state index is 13.7. The second kappa shape index (κ2) is 14.3. The number of benzene rings is 4. The fourth-order valence-electron chi connectivity index (χ4n) is 6.13. The largest absolute Gasteiger partial charge is 0.514 e. The molecule has 1 aromatic heterocycles. The number of imidazole rings is 1. The number of carbonyl (C=O) groups is 2. The zero-order valence-electron chi connectivity index (χ0n) is 28.3. The van der Waals surface area contributed by atoms with Crippen LogP contribution in [-0.2, 0) is 24.2 Å². The lowest BCUT2D eigenvalue weighted by Crippen LogP contribution is -2.49. The minimum atomic E-state index is -0.729. The third kappa shape index (κ3) is 7.71. The highest BCUT2D eigenvalue weighted by molar-refractivity contribution is 5.95. The number of unbranched alkanes of at least 4 members (excludes halogenated alkanes) is 1. The molecule has 1 aliphatic rings. The number of para-hydroxylation sites is 1. The van der Waals surface area contributed by atoms with Gasteiger partial charge in [0.1, 0.15) is 17.2 Å². The van der Waals surface area contributed by atoms with Crippen LogP contribution in [0.2, 0.25) is 0 Å². The number of fused-ring (bicyclic) bond motifs is 1. The van der Waals surface area contributed by atoms with Gasteiger partial charge >= 0.3 is 12.2 Å². The van der Waals surface area contributed by atoms with Crippen molar-refractivity contribution in [2.24, 2.45) is 0 Å². The molecule has 1 fully saturated rings. The van der Waals surface area contributed by atoms with Gasteiger partial charge in [-0.15, -0.1) is 0 Å². The molecule has 0 unspecified atom stereocenters. The molecule has 8 heteroatoms. The third-order valence-corrected chi connectivity index (χ3v) is 8.48. The molecule has 5 aromatic rings. The number of carbonyl (C=O) groups excluding carboxylic acids is 2. The van der Waals surface area contributed by atoms with Crippen LogP contribution < -0.4 is 9.64 Å². The summed E-state index contributed by atoms with van der Waals surface area (Å²) in [5.41, 5.74) is 6.20. The lowest BCUT2D eigenvalue weighted by Gasteiger charge is -2.35. The van der Waals surface area contributed by atoms with Gasteiger partial charge in [-0.1, -0.05) is 86.1 Å². The standard InChI is InChI=1S/C40H44N4O4/c1-5-6-17-37-41-34-23-22-32(43-25-12-24-42(38(43)45)27-29-13-8-7-9-14-29)26-35(34)44(37)28-30-18-20-31(21-19-30)33-15-10-11-16-36(33)47-39(46)48-40(2,3)4/h7-11,13-16,18-23,26H,5-6,12,17,24-25,27-28H2,1-4H3. The molecule has 1 aliphatic heterocycles. The van der Waals surface area contributed by atoms with E-state index in [1.807, 2.05) is 79.1 Å². The van der Waals surface area contributed by atoms with Crippen LogP contribution in [-0.4, -0.2) is 45.3 Å². The van der Waals surface area contributed by atoms with Gasteiger partial charge in [-0.2, -0.15) is 0 Å². The molecule has 248 valence electrons. The molecule has 0 aliphatic carbocycles. The summed E-state index contributed by atoms with van der Waals surface area (Å²) in [4.78, 5) is 35.0. The Morgan fingerprint density at radius 3 is 2.33 bits per heavy atom. The van der Waals surface area contributed by atoms with Gasteiger partial charge < -0.3 is 18.9 Å². The number of rotatable bonds is 10. The average molecular weight is 645 g/mol. The van der Waals surface area contributed by atoms with Gasteiger partial charge in [-0.05, 0) is 74.6 Å². The van der Waals surface area contributed by atoms with Crippen LogP contribution in [0.4, 0.5) is 15.3 Å². The number of aromatic nitrogens is 2. The first-order valence-corrected chi connectivity index (χ1v) is 16.9. The quantitative estimate of drug-likeness (QED) is 0.112. The maximum Gasteiger partial charge on any atom is 0.514 e. The van der Waals surface area contributed by atoms with Gasteiger partial charge in [0.05, 0.1) is 11.0 Å². The molecule has 0 bridgehead atoms. The molecule has 2 heterocycles. The Bertz CT molecular complexity index is 1880. The van der Waals surface area contributed by atoms with Gasteiger partial charge in [0, 0.05) is 43.9 Å². The Morgan fingerprint density at radius 1 is 0.854 bits per heavy atom. The number of ether oxygens (including phenoxy) is 2. The van der Waals surface area contributed by atoms with Crippen molar-refractivity contribution in [2.45, 2.75) is 72.1 Å². The van der Waals surface area contributed by atoms with E-state index in [2.05, 4.69) is 54.0 Å². The van der Waals surface area contributed by atoms with Crippen LogP contribution in [0.3, 0.4) is 0 Å². The van der Waals surface area contributed by atoms with Crippen molar-refractivity contribution >= 4 is 28.9 Å². The van der Waals surface area contributed by atoms with Crippen LogP contribution in [0, 0.1) is 0 Å². The Hall–Kier alpha value is -5.11. The van der Waals surface area contributed by atoms with Gasteiger partial charge in [-0.3, -0.25) is 4.90 Å². The second-order valence-electron chi connectivity index (χ2n) is 13.3. The third-order valence-electron chi connectivity index (χ3n) is 8.48. The molecule has 48 heavy (non-hydrogen) atoms. The predicted molar refractivity (Wildman–Crippen MR) is 190 cm³/mol. The molecule has 0 N–H and O–H groups in total. The first-order valence-electron chi connectivity index (χ1n) is 16.9. The minimum absolute atomic E-state index is 0.0354. The summed E-state index contributed by atoms with van der Waals surface area (Å²) in [5.74, 6) is 1.49. The van der Waals surface area contributed by atoms with Crippen molar-refractivity contribution in [2.75, 3.05) is 18.0 Å². The van der Waals surface area contributed by atoms with E-state index in [-0.39, 0.29) is 6.03 Å². The Kier molecular flexibility index (Phi) is 9.80. The Balaban J connectivity index is 1.25. The second-order valence-corrected chi connectivity index (χ2v) is 13.3. The molecule has 0 saturated carbocycles. The van der Waals surface area contributed by atoms with Crippen LogP contribution in [0.5, 0.6) is 5.75 Å². The van der Waals surface area contributed by atoms with Crippen molar-refractivity contribution in [3.05, 3.63) is 114 Å². The van der Waals surface area contributed by atoms with E-state index < -0.39 is 11.8 Å². The highest BCUT2D eigenvalue weighted by Gasteiger charge is 2.27. The number of aryl methyl sites for hydroxylation is 1. The van der Waals surface area contributed by atoms with E-state index in [1.54, 1.807) is 6.07 Å². The topological polar surface area (TPSA) is 76.9 Å². The molecule has 1 saturated heterocycles. The van der Waals surface area contributed by atoms with Gasteiger partial charge in [0.25, 0.3) is 0 Å². The minimum Gasteiger partial charge on any atom is -0.428 e. The normalized spacial score (nSPS) is 13.6. The summed E-state index contributed by atoms with van der Waals surface area (Å²) in [6.07, 6.45) is 3.18. The van der Waals surface area contributed by atoms with Crippen molar-refractivity contribution in [1.82, 2.24) is 14.5 Å². The van der Waals surface area contributed by atoms with Crippen LogP contribution >= 0.6 is 0 Å². The lowest BCUT2D eigenvalue weighted by molar-refractivity contribution is 0.0207. The number of hydrogen-bond acceptors (Lipinski definition) is 5. The van der Waals surface area contributed by atoms with Crippen LogP contribution in [0.1, 0.15) is 63.9 Å². The number of hydrogen-bond donors (Lipinski definition) is 0. The fourth-order valence-corrected chi connectivity index (χ4v) is 6.13. The van der Waals surface area contributed by atoms with Crippen molar-refractivity contribution in [1.29, 1.82) is 0 Å². The van der Waals surface area contributed by atoms with Crippen LogP contribution in [0.15, 0.2) is 97.1 Å². The predicted octanol–water partition coefficient (Wildman–Crippen LogP) is 9.24. The monoisotopic (exact) mass is 644 g/mol. The maximum atomic E-state index is 13.7. The number of anilines is 1. The highest BCUT2D eigenvalue weighted by atomic mass is 16.7. The molecule has 0 atom stereocenters. The zero-order chi connectivity index (χ0) is 33.7. The summed E-state index contributed by atoms with van der Waals surface area (Å²) in [5, 5.41) is 0. The molecule has 4 aromatic carbocycles.